The SMILES string of the molecule is CC(=O)c1ccc(NC(=O)[C@H](C)N2C[C@@H](C)O[C@H](C)C2)cc1. The van der Waals surface area contributed by atoms with Crippen LogP contribution in [-0.2, 0) is 9.53 Å². The van der Waals surface area contributed by atoms with Crippen molar-refractivity contribution >= 4 is 17.4 Å². The maximum Gasteiger partial charge on any atom is 0.241 e. The highest BCUT2D eigenvalue weighted by Crippen LogP contribution is 2.16. The summed E-state index contributed by atoms with van der Waals surface area (Å²) in [5.41, 5.74) is 1.35. The van der Waals surface area contributed by atoms with Crippen molar-refractivity contribution in [3.05, 3.63) is 29.8 Å². The van der Waals surface area contributed by atoms with E-state index in [1.165, 1.54) is 6.92 Å². The monoisotopic (exact) mass is 304 g/mol. The molecule has 5 heteroatoms. The van der Waals surface area contributed by atoms with Crippen molar-refractivity contribution in [3.63, 3.8) is 0 Å². The molecule has 1 heterocycles. The van der Waals surface area contributed by atoms with Crippen LogP contribution in [0.4, 0.5) is 5.69 Å². The summed E-state index contributed by atoms with van der Waals surface area (Å²) in [4.78, 5) is 25.8. The summed E-state index contributed by atoms with van der Waals surface area (Å²) in [5, 5.41) is 2.90. The molecule has 1 aromatic carbocycles. The van der Waals surface area contributed by atoms with E-state index in [9.17, 15) is 9.59 Å². The van der Waals surface area contributed by atoms with Gasteiger partial charge in [0.25, 0.3) is 0 Å². The molecule has 0 aliphatic carbocycles. The molecule has 0 spiro atoms. The van der Waals surface area contributed by atoms with Crippen molar-refractivity contribution in [2.24, 2.45) is 0 Å². The molecule has 1 aliphatic rings. The second-order valence-corrected chi connectivity index (χ2v) is 6.01. The molecule has 1 amide bonds. The summed E-state index contributed by atoms with van der Waals surface area (Å²) in [6.07, 6.45) is 0.266. The molecular formula is C17H24N2O3. The summed E-state index contributed by atoms with van der Waals surface area (Å²) < 4.78 is 5.69. The van der Waals surface area contributed by atoms with E-state index < -0.39 is 0 Å². The summed E-state index contributed by atoms with van der Waals surface area (Å²) in [6.45, 7) is 8.98. The molecule has 2 rings (SSSR count). The molecule has 5 nitrogen and oxygen atoms in total. The predicted octanol–water partition coefficient (Wildman–Crippen LogP) is 2.33. The van der Waals surface area contributed by atoms with Gasteiger partial charge in [-0.3, -0.25) is 14.5 Å². The van der Waals surface area contributed by atoms with Crippen LogP contribution < -0.4 is 5.32 Å². The number of hydrogen-bond donors (Lipinski definition) is 1. The molecule has 1 N–H and O–H groups in total. The van der Waals surface area contributed by atoms with Crippen LogP contribution in [0.1, 0.15) is 38.1 Å². The van der Waals surface area contributed by atoms with Crippen LogP contribution in [0.3, 0.4) is 0 Å². The summed E-state index contributed by atoms with van der Waals surface area (Å²) in [7, 11) is 0. The molecule has 1 aliphatic heterocycles. The number of carbonyl (C=O) groups excluding carboxylic acids is 2. The van der Waals surface area contributed by atoms with Crippen molar-refractivity contribution in [2.45, 2.75) is 45.9 Å². The second kappa shape index (κ2) is 7.03. The molecule has 1 fully saturated rings. The first-order chi connectivity index (χ1) is 10.4. The molecule has 120 valence electrons. The van der Waals surface area contributed by atoms with Crippen molar-refractivity contribution in [3.8, 4) is 0 Å². The first kappa shape index (κ1) is 16.6. The first-order valence-electron chi connectivity index (χ1n) is 7.68. The molecule has 0 saturated carbocycles. The molecule has 22 heavy (non-hydrogen) atoms. The zero-order chi connectivity index (χ0) is 16.3. The van der Waals surface area contributed by atoms with Crippen molar-refractivity contribution in [1.29, 1.82) is 0 Å². The Bertz CT molecular complexity index is 531. The van der Waals surface area contributed by atoms with Crippen LogP contribution in [-0.4, -0.2) is 47.9 Å². The van der Waals surface area contributed by atoms with Crippen LogP contribution in [0.5, 0.6) is 0 Å². The second-order valence-electron chi connectivity index (χ2n) is 6.01. The highest BCUT2D eigenvalue weighted by Gasteiger charge is 2.29. The fourth-order valence-corrected chi connectivity index (χ4v) is 2.73. The lowest BCUT2D eigenvalue weighted by Gasteiger charge is -2.38. The number of Topliss-reactive ketones (excluding diaryl/α,β-unsaturated/α-hetero) is 1. The third-order valence-electron chi connectivity index (χ3n) is 3.93. The van der Waals surface area contributed by atoms with Crippen molar-refractivity contribution < 1.29 is 14.3 Å². The van der Waals surface area contributed by atoms with Gasteiger partial charge in [-0.25, -0.2) is 0 Å². The number of anilines is 1. The van der Waals surface area contributed by atoms with Crippen LogP contribution in [0, 0.1) is 0 Å². The Morgan fingerprint density at radius 3 is 2.23 bits per heavy atom. The molecule has 0 aromatic heterocycles. The quantitative estimate of drug-likeness (QED) is 0.867. The zero-order valence-corrected chi connectivity index (χ0v) is 13.6. The van der Waals surface area contributed by atoms with Gasteiger partial charge in [-0.05, 0) is 52.0 Å². The van der Waals surface area contributed by atoms with E-state index in [1.54, 1.807) is 24.3 Å². The van der Waals surface area contributed by atoms with Crippen LogP contribution in [0.25, 0.3) is 0 Å². The lowest BCUT2D eigenvalue weighted by molar-refractivity contribution is -0.126. The average molecular weight is 304 g/mol. The van der Waals surface area contributed by atoms with Crippen LogP contribution in [0.2, 0.25) is 0 Å². The number of carbonyl (C=O) groups is 2. The summed E-state index contributed by atoms with van der Waals surface area (Å²) in [5.74, 6) is -0.0283. The van der Waals surface area contributed by atoms with Gasteiger partial charge in [0, 0.05) is 24.3 Å². The number of rotatable bonds is 4. The van der Waals surface area contributed by atoms with Gasteiger partial charge in [-0.1, -0.05) is 0 Å². The van der Waals surface area contributed by atoms with E-state index in [2.05, 4.69) is 10.2 Å². The Morgan fingerprint density at radius 2 is 1.73 bits per heavy atom. The minimum Gasteiger partial charge on any atom is -0.373 e. The standard InChI is InChI=1S/C17H24N2O3/c1-11-9-19(10-12(2)22-11)13(3)17(21)18-16-7-5-15(6-8-16)14(4)20/h5-8,11-13H,9-10H2,1-4H3,(H,18,21)/t11-,12-,13+/m1/s1. The van der Waals surface area contributed by atoms with Gasteiger partial charge in [-0.2, -0.15) is 0 Å². The third kappa shape index (κ3) is 4.15. The molecule has 0 unspecified atom stereocenters. The number of ketones is 1. The zero-order valence-electron chi connectivity index (χ0n) is 13.6. The molecule has 1 aromatic rings. The Labute approximate surface area is 131 Å². The number of benzene rings is 1. The van der Waals surface area contributed by atoms with Crippen molar-refractivity contribution in [2.75, 3.05) is 18.4 Å². The predicted molar refractivity (Wildman–Crippen MR) is 86.1 cm³/mol. The van der Waals surface area contributed by atoms with Gasteiger partial charge in [0.2, 0.25) is 5.91 Å². The molecule has 3 atom stereocenters. The smallest absolute Gasteiger partial charge is 0.241 e. The topological polar surface area (TPSA) is 58.6 Å². The van der Waals surface area contributed by atoms with Crippen LogP contribution in [0.15, 0.2) is 24.3 Å². The summed E-state index contributed by atoms with van der Waals surface area (Å²) in [6, 6.07) is 6.74. The van der Waals surface area contributed by atoms with E-state index in [-0.39, 0.29) is 29.9 Å². The van der Waals surface area contributed by atoms with E-state index in [0.717, 1.165) is 13.1 Å². The number of amides is 1. The Hall–Kier alpha value is -1.72. The van der Waals surface area contributed by atoms with E-state index in [0.29, 0.717) is 11.3 Å². The number of morpholine rings is 1. The lowest BCUT2D eigenvalue weighted by Crippen LogP contribution is -2.52. The van der Waals surface area contributed by atoms with Gasteiger partial charge in [0.1, 0.15) is 0 Å². The van der Waals surface area contributed by atoms with Crippen LogP contribution >= 0.6 is 0 Å². The number of ether oxygens (including phenoxy) is 1. The fraction of sp³-hybridized carbons (Fsp3) is 0.529. The van der Waals surface area contributed by atoms with Gasteiger partial charge >= 0.3 is 0 Å². The number of nitrogens with zero attached hydrogens (tertiary/aromatic N) is 1. The molecule has 1 saturated heterocycles. The largest absolute Gasteiger partial charge is 0.373 e. The van der Waals surface area contributed by atoms with Crippen molar-refractivity contribution in [1.82, 2.24) is 4.90 Å². The first-order valence-corrected chi connectivity index (χ1v) is 7.68. The molecule has 0 radical (unpaired) electrons. The van der Waals surface area contributed by atoms with E-state index >= 15 is 0 Å². The highest BCUT2D eigenvalue weighted by molar-refractivity contribution is 5.96. The van der Waals surface area contributed by atoms with E-state index in [1.807, 2.05) is 20.8 Å². The number of nitrogens with one attached hydrogen (secondary N) is 1. The molecule has 0 bridgehead atoms. The normalized spacial score (nSPS) is 23.8. The minimum atomic E-state index is -0.221. The van der Waals surface area contributed by atoms with Gasteiger partial charge in [-0.15, -0.1) is 0 Å². The van der Waals surface area contributed by atoms with Gasteiger partial charge in [0.15, 0.2) is 5.78 Å². The Kier molecular flexibility index (Phi) is 5.32. The number of hydrogen-bond acceptors (Lipinski definition) is 4. The van der Waals surface area contributed by atoms with E-state index in [4.69, 9.17) is 4.74 Å². The molecular weight excluding hydrogens is 280 g/mol. The highest BCUT2D eigenvalue weighted by atomic mass is 16.5. The average Bonchev–Trinajstić information content (AvgIpc) is 2.46. The Morgan fingerprint density at radius 1 is 1.18 bits per heavy atom. The summed E-state index contributed by atoms with van der Waals surface area (Å²) >= 11 is 0. The maximum absolute atomic E-state index is 12.4. The lowest BCUT2D eigenvalue weighted by atomic mass is 10.1. The third-order valence-corrected chi connectivity index (χ3v) is 3.93. The van der Waals surface area contributed by atoms with Gasteiger partial charge in [0.05, 0.1) is 18.2 Å². The van der Waals surface area contributed by atoms with Gasteiger partial charge < -0.3 is 10.1 Å². The maximum atomic E-state index is 12.4. The minimum absolute atomic E-state index is 0.0162. The Balaban J connectivity index is 1.97. The fourth-order valence-electron chi connectivity index (χ4n) is 2.73.